The van der Waals surface area contributed by atoms with Gasteiger partial charge >= 0.3 is 5.97 Å². The van der Waals surface area contributed by atoms with Crippen molar-refractivity contribution in [2.45, 2.75) is 13.3 Å². The van der Waals surface area contributed by atoms with Crippen molar-refractivity contribution in [1.82, 2.24) is 9.80 Å². The minimum Gasteiger partial charge on any atom is -0.508 e. The number of anilines is 1. The summed E-state index contributed by atoms with van der Waals surface area (Å²) in [4.78, 5) is 28.1. The van der Waals surface area contributed by atoms with E-state index in [1.54, 1.807) is 12.1 Å². The number of phenols is 1. The molecule has 1 fully saturated rings. The highest BCUT2D eigenvalue weighted by molar-refractivity contribution is 5.93. The van der Waals surface area contributed by atoms with E-state index < -0.39 is 11.9 Å². The Kier molecular flexibility index (Phi) is 7.17. The van der Waals surface area contributed by atoms with Crippen molar-refractivity contribution in [2.75, 3.05) is 44.6 Å². The number of amides is 1. The number of carbonyl (C=O) groups excluding carboxylic acids is 1. The largest absolute Gasteiger partial charge is 0.508 e. The van der Waals surface area contributed by atoms with Gasteiger partial charge in [-0.15, -0.1) is 0 Å². The second-order valence-corrected chi connectivity index (χ2v) is 6.87. The van der Waals surface area contributed by atoms with Gasteiger partial charge in [-0.05, 0) is 19.1 Å². The average molecular weight is 361 g/mol. The molecule has 1 aromatic carbocycles. The summed E-state index contributed by atoms with van der Waals surface area (Å²) in [5, 5.41) is 21.5. The summed E-state index contributed by atoms with van der Waals surface area (Å²) in [5.74, 6) is -2.06. The van der Waals surface area contributed by atoms with Gasteiger partial charge in [0.1, 0.15) is 5.75 Å². The van der Waals surface area contributed by atoms with E-state index in [9.17, 15) is 19.8 Å². The number of hydrogen-bond donors (Lipinski definition) is 3. The first-order valence-corrected chi connectivity index (χ1v) is 8.74. The van der Waals surface area contributed by atoms with Gasteiger partial charge in [0.15, 0.2) is 0 Å². The molecule has 26 heavy (non-hydrogen) atoms. The van der Waals surface area contributed by atoms with Crippen LogP contribution in [0.15, 0.2) is 36.4 Å². The van der Waals surface area contributed by atoms with E-state index in [4.69, 9.17) is 0 Å². The minimum absolute atomic E-state index is 0.0465. The van der Waals surface area contributed by atoms with Gasteiger partial charge in [0.2, 0.25) is 5.91 Å². The zero-order valence-electron chi connectivity index (χ0n) is 15.1. The van der Waals surface area contributed by atoms with Crippen LogP contribution in [0.3, 0.4) is 0 Å². The van der Waals surface area contributed by atoms with E-state index in [-0.39, 0.29) is 18.1 Å². The van der Waals surface area contributed by atoms with Crippen LogP contribution in [-0.2, 0) is 9.59 Å². The highest BCUT2D eigenvalue weighted by atomic mass is 16.4. The van der Waals surface area contributed by atoms with Crippen molar-refractivity contribution in [3.8, 4) is 5.75 Å². The second kappa shape index (κ2) is 9.35. The molecule has 1 aliphatic rings. The molecule has 1 atom stereocenters. The number of carboxylic acids is 1. The van der Waals surface area contributed by atoms with Crippen molar-refractivity contribution in [2.24, 2.45) is 5.92 Å². The molecule has 2 rings (SSSR count). The number of nitrogens with zero attached hydrogens (tertiary/aromatic N) is 2. The Morgan fingerprint density at radius 2 is 1.88 bits per heavy atom. The highest BCUT2D eigenvalue weighted by Crippen LogP contribution is 2.17. The van der Waals surface area contributed by atoms with Crippen LogP contribution in [0.4, 0.5) is 5.69 Å². The Hall–Kier alpha value is -2.38. The molecule has 7 nitrogen and oxygen atoms in total. The Morgan fingerprint density at radius 1 is 1.23 bits per heavy atom. The zero-order valence-corrected chi connectivity index (χ0v) is 15.1. The maximum atomic E-state index is 12.2. The lowest BCUT2D eigenvalue weighted by Crippen LogP contribution is -2.49. The molecule has 3 N–H and O–H groups in total. The first-order valence-electron chi connectivity index (χ1n) is 8.74. The number of aromatic hydroxyl groups is 1. The normalized spacial score (nSPS) is 16.8. The third-order valence-electron chi connectivity index (χ3n) is 4.35. The maximum Gasteiger partial charge on any atom is 0.308 e. The number of carbonyl (C=O) groups is 2. The van der Waals surface area contributed by atoms with E-state index >= 15 is 0 Å². The summed E-state index contributed by atoms with van der Waals surface area (Å²) in [7, 11) is 0. The first-order chi connectivity index (χ1) is 12.3. The number of carboxylic acid groups (broad SMARTS) is 1. The Balaban J connectivity index is 1.84. The fourth-order valence-corrected chi connectivity index (χ4v) is 3.07. The van der Waals surface area contributed by atoms with E-state index in [1.165, 1.54) is 12.1 Å². The maximum absolute atomic E-state index is 12.2. The predicted octanol–water partition coefficient (Wildman–Crippen LogP) is 1.62. The number of piperazine rings is 1. The zero-order chi connectivity index (χ0) is 19.1. The molecule has 0 aromatic heterocycles. The molecule has 0 spiro atoms. The van der Waals surface area contributed by atoms with Gasteiger partial charge in [-0.3, -0.25) is 19.4 Å². The quantitative estimate of drug-likeness (QED) is 0.609. The van der Waals surface area contributed by atoms with Crippen molar-refractivity contribution in [1.29, 1.82) is 0 Å². The summed E-state index contributed by atoms with van der Waals surface area (Å²) in [6.45, 7) is 10.4. The van der Waals surface area contributed by atoms with Crippen LogP contribution in [0.1, 0.15) is 13.3 Å². The SMILES string of the molecule is C=C(C)CN1CCN(CC(CC(=O)Nc2cccc(O)c2)C(=O)O)CC1. The van der Waals surface area contributed by atoms with Crippen LogP contribution in [0.25, 0.3) is 0 Å². The van der Waals surface area contributed by atoms with Crippen LogP contribution in [0.2, 0.25) is 0 Å². The fourth-order valence-electron chi connectivity index (χ4n) is 3.07. The molecule has 0 radical (unpaired) electrons. The van der Waals surface area contributed by atoms with Gasteiger partial charge in [0, 0.05) is 57.4 Å². The van der Waals surface area contributed by atoms with Crippen LogP contribution < -0.4 is 5.32 Å². The summed E-state index contributed by atoms with van der Waals surface area (Å²) >= 11 is 0. The molecule has 142 valence electrons. The summed E-state index contributed by atoms with van der Waals surface area (Å²) in [5.41, 5.74) is 1.57. The molecule has 0 aliphatic carbocycles. The number of hydrogen-bond acceptors (Lipinski definition) is 5. The second-order valence-electron chi connectivity index (χ2n) is 6.87. The van der Waals surface area contributed by atoms with Crippen LogP contribution in [0.5, 0.6) is 5.75 Å². The summed E-state index contributed by atoms with van der Waals surface area (Å²) in [6, 6.07) is 6.19. The van der Waals surface area contributed by atoms with Crippen LogP contribution in [-0.4, -0.2) is 71.2 Å². The first kappa shape index (κ1) is 19.9. The van der Waals surface area contributed by atoms with Gasteiger partial charge in [-0.1, -0.05) is 18.2 Å². The Labute approximate surface area is 153 Å². The molecule has 1 aliphatic heterocycles. The van der Waals surface area contributed by atoms with Gasteiger partial charge in [-0.2, -0.15) is 0 Å². The van der Waals surface area contributed by atoms with Gasteiger partial charge in [0.05, 0.1) is 5.92 Å². The van der Waals surface area contributed by atoms with E-state index in [0.717, 1.165) is 38.3 Å². The summed E-state index contributed by atoms with van der Waals surface area (Å²) < 4.78 is 0. The number of benzene rings is 1. The number of phenolic OH excluding ortho intramolecular Hbond substituents is 1. The number of nitrogens with one attached hydrogen (secondary N) is 1. The van der Waals surface area contributed by atoms with Gasteiger partial charge in [-0.25, -0.2) is 0 Å². The average Bonchev–Trinajstić information content (AvgIpc) is 2.55. The Bertz CT molecular complexity index is 654. The topological polar surface area (TPSA) is 93.1 Å². The van der Waals surface area contributed by atoms with E-state index in [2.05, 4.69) is 21.7 Å². The number of aliphatic carboxylic acids is 1. The van der Waals surface area contributed by atoms with Gasteiger partial charge in [0.25, 0.3) is 0 Å². The molecule has 0 saturated carbocycles. The molecule has 0 bridgehead atoms. The molecule has 1 saturated heterocycles. The van der Waals surface area contributed by atoms with Crippen LogP contribution in [0, 0.1) is 5.92 Å². The van der Waals surface area contributed by atoms with Crippen molar-refractivity contribution in [3.63, 3.8) is 0 Å². The molecule has 1 amide bonds. The highest BCUT2D eigenvalue weighted by Gasteiger charge is 2.26. The minimum atomic E-state index is -0.972. The Morgan fingerprint density at radius 3 is 2.46 bits per heavy atom. The van der Waals surface area contributed by atoms with E-state index in [0.29, 0.717) is 12.2 Å². The van der Waals surface area contributed by atoms with Crippen molar-refractivity contribution in [3.05, 3.63) is 36.4 Å². The molecule has 1 aromatic rings. The molecule has 1 heterocycles. The molecule has 7 heteroatoms. The smallest absolute Gasteiger partial charge is 0.308 e. The fraction of sp³-hybridized carbons (Fsp3) is 0.474. The standard InChI is InChI=1S/C19H27N3O4/c1-14(2)12-21-6-8-22(9-7-21)13-15(19(25)26)10-18(24)20-16-4-3-5-17(23)11-16/h3-5,11,15,23H,1,6-10,12-13H2,2H3,(H,20,24)(H,25,26). The summed E-state index contributed by atoms with van der Waals surface area (Å²) in [6.07, 6.45) is -0.100. The molecule has 1 unspecified atom stereocenters. The predicted molar refractivity (Wildman–Crippen MR) is 100 cm³/mol. The van der Waals surface area contributed by atoms with E-state index in [1.807, 2.05) is 6.92 Å². The lowest BCUT2D eigenvalue weighted by molar-refractivity contribution is -0.144. The third kappa shape index (κ3) is 6.50. The lowest BCUT2D eigenvalue weighted by Gasteiger charge is -2.35. The third-order valence-corrected chi connectivity index (χ3v) is 4.35. The monoisotopic (exact) mass is 361 g/mol. The number of rotatable bonds is 8. The molecular weight excluding hydrogens is 334 g/mol. The van der Waals surface area contributed by atoms with Crippen molar-refractivity contribution < 1.29 is 19.8 Å². The van der Waals surface area contributed by atoms with Crippen LogP contribution >= 0.6 is 0 Å². The molecular formula is C19H27N3O4. The lowest BCUT2D eigenvalue weighted by atomic mass is 10.0. The van der Waals surface area contributed by atoms with Crippen molar-refractivity contribution >= 4 is 17.6 Å². The van der Waals surface area contributed by atoms with Gasteiger partial charge < -0.3 is 15.5 Å².